The molecule has 1 aromatic rings. The first kappa shape index (κ1) is 8.82. The Morgan fingerprint density at radius 3 is 3.00 bits per heavy atom. The fourth-order valence-corrected chi connectivity index (χ4v) is 1.82. The van der Waals surface area contributed by atoms with E-state index in [-0.39, 0.29) is 0 Å². The van der Waals surface area contributed by atoms with Gasteiger partial charge in [0.15, 0.2) is 0 Å². The lowest BCUT2D eigenvalue weighted by atomic mass is 10.1. The summed E-state index contributed by atoms with van der Waals surface area (Å²) in [5.74, 6) is 0.891. The maximum atomic E-state index is 3.61. The van der Waals surface area contributed by atoms with Gasteiger partial charge in [0.05, 0.1) is 0 Å². The van der Waals surface area contributed by atoms with Gasteiger partial charge >= 0.3 is 0 Å². The smallest absolute Gasteiger partial charge is 0.0363 e. The van der Waals surface area contributed by atoms with Crippen molar-refractivity contribution in [2.45, 2.75) is 32.2 Å². The second-order valence-corrected chi connectivity index (χ2v) is 3.91. The fourth-order valence-electron chi connectivity index (χ4n) is 1.82. The van der Waals surface area contributed by atoms with E-state index in [1.54, 1.807) is 0 Å². The molecule has 0 radical (unpaired) electrons. The minimum absolute atomic E-state index is 0.603. The third-order valence-electron chi connectivity index (χ3n) is 2.69. The lowest BCUT2D eigenvalue weighted by Gasteiger charge is -2.16. The van der Waals surface area contributed by atoms with Crippen molar-refractivity contribution in [2.75, 3.05) is 6.54 Å². The van der Waals surface area contributed by atoms with E-state index in [2.05, 4.69) is 29.5 Å². The molecule has 1 fully saturated rings. The maximum Gasteiger partial charge on any atom is 0.0363 e. The summed E-state index contributed by atoms with van der Waals surface area (Å²) in [6.07, 6.45) is 8.14. The quantitative estimate of drug-likeness (QED) is 0.712. The van der Waals surface area contributed by atoms with Crippen molar-refractivity contribution in [2.24, 2.45) is 5.92 Å². The van der Waals surface area contributed by atoms with Crippen molar-refractivity contribution in [3.05, 3.63) is 24.0 Å². The molecule has 1 heterocycles. The largest absolute Gasteiger partial charge is 0.367 e. The minimum Gasteiger partial charge on any atom is -0.367 e. The van der Waals surface area contributed by atoms with Crippen molar-refractivity contribution in [3.63, 3.8) is 0 Å². The molecule has 13 heavy (non-hydrogen) atoms. The molecule has 2 rings (SSSR count). The lowest BCUT2D eigenvalue weighted by molar-refractivity contribution is 0.481. The Hall–Kier alpha value is -0.760. The molecule has 0 aliphatic heterocycles. The molecule has 1 atom stereocenters. The molecular formula is C11H18N2. The SMILES string of the molecule is CCCNC(c1cc[nH]c1)C1CC1. The first-order chi connectivity index (χ1) is 6.42. The number of rotatable bonds is 5. The van der Waals surface area contributed by atoms with Gasteiger partial charge in [0.1, 0.15) is 0 Å². The highest BCUT2D eigenvalue weighted by Gasteiger charge is 2.31. The van der Waals surface area contributed by atoms with Crippen LogP contribution in [-0.2, 0) is 0 Å². The van der Waals surface area contributed by atoms with Gasteiger partial charge in [0.2, 0.25) is 0 Å². The number of nitrogens with one attached hydrogen (secondary N) is 2. The predicted octanol–water partition coefficient (Wildman–Crippen LogP) is 2.47. The van der Waals surface area contributed by atoms with Gasteiger partial charge in [-0.1, -0.05) is 6.92 Å². The van der Waals surface area contributed by atoms with Gasteiger partial charge in [-0.15, -0.1) is 0 Å². The summed E-state index contributed by atoms with van der Waals surface area (Å²) in [4.78, 5) is 3.13. The highest BCUT2D eigenvalue weighted by molar-refractivity contribution is 5.16. The van der Waals surface area contributed by atoms with E-state index in [1.165, 1.54) is 24.8 Å². The van der Waals surface area contributed by atoms with E-state index < -0.39 is 0 Å². The van der Waals surface area contributed by atoms with Gasteiger partial charge in [-0.25, -0.2) is 0 Å². The van der Waals surface area contributed by atoms with Gasteiger partial charge in [0.25, 0.3) is 0 Å². The zero-order chi connectivity index (χ0) is 9.10. The molecule has 2 N–H and O–H groups in total. The standard InChI is InChI=1S/C11H18N2/c1-2-6-13-11(9-3-4-9)10-5-7-12-8-10/h5,7-9,11-13H,2-4,6H2,1H3. The number of H-pyrrole nitrogens is 1. The Bertz CT molecular complexity index is 237. The second-order valence-electron chi connectivity index (χ2n) is 3.91. The molecular weight excluding hydrogens is 160 g/mol. The summed E-state index contributed by atoms with van der Waals surface area (Å²) in [7, 11) is 0. The van der Waals surface area contributed by atoms with E-state index in [1.807, 2.05) is 6.20 Å². The van der Waals surface area contributed by atoms with E-state index >= 15 is 0 Å². The van der Waals surface area contributed by atoms with Gasteiger partial charge in [0, 0.05) is 18.4 Å². The molecule has 1 saturated carbocycles. The molecule has 0 bridgehead atoms. The third-order valence-corrected chi connectivity index (χ3v) is 2.69. The Balaban J connectivity index is 1.97. The average molecular weight is 178 g/mol. The van der Waals surface area contributed by atoms with Crippen LogP contribution in [0.1, 0.15) is 37.8 Å². The molecule has 1 unspecified atom stereocenters. The molecule has 72 valence electrons. The topological polar surface area (TPSA) is 27.8 Å². The monoisotopic (exact) mass is 178 g/mol. The molecule has 0 spiro atoms. The Labute approximate surface area is 79.7 Å². The highest BCUT2D eigenvalue weighted by atomic mass is 14.9. The summed E-state index contributed by atoms with van der Waals surface area (Å²) in [6.45, 7) is 3.35. The summed E-state index contributed by atoms with van der Waals surface area (Å²) >= 11 is 0. The van der Waals surface area contributed by atoms with Crippen LogP contribution in [0.25, 0.3) is 0 Å². The molecule has 1 aliphatic rings. The Kier molecular flexibility index (Phi) is 2.69. The van der Waals surface area contributed by atoms with Crippen LogP contribution in [0.4, 0.5) is 0 Å². The van der Waals surface area contributed by atoms with E-state index in [0.717, 1.165) is 12.5 Å². The van der Waals surface area contributed by atoms with Crippen LogP contribution in [0, 0.1) is 5.92 Å². The number of hydrogen-bond donors (Lipinski definition) is 2. The van der Waals surface area contributed by atoms with Crippen LogP contribution in [0.3, 0.4) is 0 Å². The van der Waals surface area contributed by atoms with Crippen molar-refractivity contribution in [1.29, 1.82) is 0 Å². The molecule has 1 aliphatic carbocycles. The number of hydrogen-bond acceptors (Lipinski definition) is 1. The van der Waals surface area contributed by atoms with Gasteiger partial charge in [-0.2, -0.15) is 0 Å². The van der Waals surface area contributed by atoms with Crippen LogP contribution in [0.2, 0.25) is 0 Å². The first-order valence-corrected chi connectivity index (χ1v) is 5.28. The van der Waals surface area contributed by atoms with Crippen LogP contribution >= 0.6 is 0 Å². The van der Waals surface area contributed by atoms with Crippen molar-refractivity contribution < 1.29 is 0 Å². The molecule has 2 nitrogen and oxygen atoms in total. The summed E-state index contributed by atoms with van der Waals surface area (Å²) in [6, 6.07) is 2.79. The van der Waals surface area contributed by atoms with Crippen molar-refractivity contribution in [3.8, 4) is 0 Å². The molecule has 0 amide bonds. The first-order valence-electron chi connectivity index (χ1n) is 5.28. The average Bonchev–Trinajstić information content (AvgIpc) is 2.82. The van der Waals surface area contributed by atoms with Crippen molar-refractivity contribution in [1.82, 2.24) is 10.3 Å². The molecule has 0 aromatic carbocycles. The van der Waals surface area contributed by atoms with Crippen LogP contribution in [0.15, 0.2) is 18.5 Å². The fraction of sp³-hybridized carbons (Fsp3) is 0.636. The van der Waals surface area contributed by atoms with Crippen LogP contribution in [-0.4, -0.2) is 11.5 Å². The van der Waals surface area contributed by atoms with Gasteiger partial charge in [-0.3, -0.25) is 0 Å². The summed E-state index contributed by atoms with van der Waals surface area (Å²) in [5, 5.41) is 3.61. The van der Waals surface area contributed by atoms with E-state index in [0.29, 0.717) is 6.04 Å². The third kappa shape index (κ3) is 2.13. The van der Waals surface area contributed by atoms with E-state index in [4.69, 9.17) is 0 Å². The van der Waals surface area contributed by atoms with Gasteiger partial charge < -0.3 is 10.3 Å². The maximum absolute atomic E-state index is 3.61. The molecule has 0 saturated heterocycles. The zero-order valence-electron chi connectivity index (χ0n) is 8.22. The summed E-state index contributed by atoms with van der Waals surface area (Å²) < 4.78 is 0. The highest BCUT2D eigenvalue weighted by Crippen LogP contribution is 2.40. The molecule has 2 heteroatoms. The normalized spacial score (nSPS) is 18.8. The van der Waals surface area contributed by atoms with Gasteiger partial charge in [-0.05, 0) is 43.4 Å². The lowest BCUT2D eigenvalue weighted by Crippen LogP contribution is -2.23. The minimum atomic E-state index is 0.603. The zero-order valence-corrected chi connectivity index (χ0v) is 8.22. The molecule has 1 aromatic heterocycles. The second kappa shape index (κ2) is 3.97. The predicted molar refractivity (Wildman–Crippen MR) is 54.6 cm³/mol. The Morgan fingerprint density at radius 1 is 1.62 bits per heavy atom. The van der Waals surface area contributed by atoms with Crippen LogP contribution in [0.5, 0.6) is 0 Å². The number of aromatic nitrogens is 1. The van der Waals surface area contributed by atoms with Crippen LogP contribution < -0.4 is 5.32 Å². The van der Waals surface area contributed by atoms with E-state index in [9.17, 15) is 0 Å². The van der Waals surface area contributed by atoms with Crippen molar-refractivity contribution >= 4 is 0 Å². The Morgan fingerprint density at radius 2 is 2.46 bits per heavy atom. The summed E-state index contributed by atoms with van der Waals surface area (Å²) in [5.41, 5.74) is 1.43. The number of aromatic amines is 1.